The average molecular weight is 386 g/mol. The van der Waals surface area contributed by atoms with Gasteiger partial charge < -0.3 is 0 Å². The van der Waals surface area contributed by atoms with Crippen molar-refractivity contribution in [1.29, 1.82) is 0 Å². The summed E-state index contributed by atoms with van der Waals surface area (Å²) in [5.74, 6) is -0.386. The molecular weight excluding hydrogens is 370 g/mol. The molecule has 0 bridgehead atoms. The van der Waals surface area contributed by atoms with Crippen molar-refractivity contribution in [2.24, 2.45) is 0 Å². The van der Waals surface area contributed by atoms with Gasteiger partial charge in [0, 0.05) is 16.0 Å². The number of hydrazine groups is 1. The number of thioether (sulfide) groups is 1. The first-order valence-corrected chi connectivity index (χ1v) is 9.59. The van der Waals surface area contributed by atoms with Crippen LogP contribution < -0.4 is 10.9 Å². The molecule has 26 heavy (non-hydrogen) atoms. The third kappa shape index (κ3) is 4.15. The van der Waals surface area contributed by atoms with Gasteiger partial charge in [-0.25, -0.2) is 4.98 Å². The van der Waals surface area contributed by atoms with Crippen LogP contribution >= 0.6 is 23.4 Å². The number of hydrogen-bond donors (Lipinski definition) is 2. The van der Waals surface area contributed by atoms with Crippen molar-refractivity contribution >= 4 is 46.1 Å². The summed E-state index contributed by atoms with van der Waals surface area (Å²) in [4.78, 5) is 28.8. The summed E-state index contributed by atoms with van der Waals surface area (Å²) in [5, 5.41) is 1.34. The maximum absolute atomic E-state index is 12.6. The minimum atomic E-state index is -0.395. The number of para-hydroxylation sites is 1. The van der Waals surface area contributed by atoms with Gasteiger partial charge in [-0.3, -0.25) is 20.4 Å². The molecular formula is C19H16ClN3O2S. The minimum absolute atomic E-state index is 0.262. The van der Waals surface area contributed by atoms with Crippen LogP contribution in [-0.4, -0.2) is 28.8 Å². The second-order valence-electron chi connectivity index (χ2n) is 5.51. The Balaban J connectivity index is 1.98. The largest absolute Gasteiger partial charge is 0.272 e. The number of amides is 2. The Morgan fingerprint density at radius 1 is 1.08 bits per heavy atom. The van der Waals surface area contributed by atoms with E-state index in [1.54, 1.807) is 18.2 Å². The molecule has 0 aliphatic heterocycles. The van der Waals surface area contributed by atoms with Crippen molar-refractivity contribution in [3.05, 3.63) is 65.2 Å². The van der Waals surface area contributed by atoms with Crippen molar-refractivity contribution in [1.82, 2.24) is 15.8 Å². The van der Waals surface area contributed by atoms with E-state index in [0.717, 1.165) is 5.56 Å². The second-order valence-corrected chi connectivity index (χ2v) is 6.82. The van der Waals surface area contributed by atoms with E-state index in [4.69, 9.17) is 11.6 Å². The van der Waals surface area contributed by atoms with E-state index in [-0.39, 0.29) is 11.7 Å². The first-order valence-electron chi connectivity index (χ1n) is 7.82. The Hall–Kier alpha value is -2.57. The summed E-state index contributed by atoms with van der Waals surface area (Å²) in [7, 11) is 0. The van der Waals surface area contributed by atoms with Crippen molar-refractivity contribution in [2.45, 2.75) is 0 Å². The quantitative estimate of drug-likeness (QED) is 0.672. The molecule has 0 spiro atoms. The Kier molecular flexibility index (Phi) is 5.75. The molecule has 0 radical (unpaired) electrons. The Morgan fingerprint density at radius 3 is 2.54 bits per heavy atom. The van der Waals surface area contributed by atoms with E-state index in [2.05, 4.69) is 15.8 Å². The van der Waals surface area contributed by atoms with E-state index in [1.807, 2.05) is 42.7 Å². The highest BCUT2D eigenvalue weighted by Crippen LogP contribution is 2.25. The third-order valence-corrected chi connectivity index (χ3v) is 4.49. The number of pyridine rings is 1. The van der Waals surface area contributed by atoms with Crippen LogP contribution in [0, 0.1) is 0 Å². The fourth-order valence-electron chi connectivity index (χ4n) is 2.49. The number of fused-ring (bicyclic) bond motifs is 1. The topological polar surface area (TPSA) is 71.1 Å². The molecule has 0 unspecified atom stereocenters. The number of carbonyl (C=O) groups excluding carboxylic acids is 2. The van der Waals surface area contributed by atoms with Crippen LogP contribution in [0.4, 0.5) is 0 Å². The highest BCUT2D eigenvalue weighted by molar-refractivity contribution is 7.99. The molecule has 3 aromatic rings. The van der Waals surface area contributed by atoms with Gasteiger partial charge >= 0.3 is 0 Å². The zero-order valence-electron chi connectivity index (χ0n) is 14.0. The fraction of sp³-hybridized carbons (Fsp3) is 0.105. The zero-order valence-corrected chi connectivity index (χ0v) is 15.5. The van der Waals surface area contributed by atoms with Gasteiger partial charge in [0.1, 0.15) is 0 Å². The molecule has 0 atom stereocenters. The summed E-state index contributed by atoms with van der Waals surface area (Å²) < 4.78 is 0. The number of halogens is 1. The van der Waals surface area contributed by atoms with Crippen LogP contribution in [0.2, 0.25) is 5.02 Å². The Bertz CT molecular complexity index is 961. The minimum Gasteiger partial charge on any atom is -0.272 e. The molecule has 0 aliphatic rings. The highest BCUT2D eigenvalue weighted by atomic mass is 35.5. The highest BCUT2D eigenvalue weighted by Gasteiger charge is 2.14. The van der Waals surface area contributed by atoms with E-state index >= 15 is 0 Å². The maximum atomic E-state index is 12.6. The van der Waals surface area contributed by atoms with E-state index < -0.39 is 5.91 Å². The van der Waals surface area contributed by atoms with E-state index in [0.29, 0.717) is 27.2 Å². The summed E-state index contributed by atoms with van der Waals surface area (Å²) in [6.07, 6.45) is 1.82. The maximum Gasteiger partial charge on any atom is 0.270 e. The normalized spacial score (nSPS) is 10.5. The predicted molar refractivity (Wildman–Crippen MR) is 106 cm³/mol. The molecule has 0 aliphatic carbocycles. The van der Waals surface area contributed by atoms with Crippen LogP contribution in [0.1, 0.15) is 10.4 Å². The van der Waals surface area contributed by atoms with E-state index in [1.165, 1.54) is 11.8 Å². The summed E-state index contributed by atoms with van der Waals surface area (Å²) in [6, 6.07) is 16.3. The van der Waals surface area contributed by atoms with Crippen molar-refractivity contribution in [3.63, 3.8) is 0 Å². The number of benzene rings is 2. The van der Waals surface area contributed by atoms with Crippen molar-refractivity contribution in [2.75, 3.05) is 12.0 Å². The SMILES string of the molecule is CSCC(=O)NNC(=O)c1cc(-c2ccc(Cl)cc2)nc2ccccc12. The number of nitrogens with one attached hydrogen (secondary N) is 2. The first-order chi connectivity index (χ1) is 12.6. The number of rotatable bonds is 4. The molecule has 2 aromatic carbocycles. The summed E-state index contributed by atoms with van der Waals surface area (Å²) in [6.45, 7) is 0. The van der Waals surface area contributed by atoms with Crippen LogP contribution in [0.5, 0.6) is 0 Å². The molecule has 1 heterocycles. The number of nitrogens with zero attached hydrogens (tertiary/aromatic N) is 1. The standard InChI is InChI=1S/C19H16ClN3O2S/c1-26-11-18(24)22-23-19(25)15-10-17(12-6-8-13(20)9-7-12)21-16-5-3-2-4-14(15)16/h2-10H,11H2,1H3,(H,22,24)(H,23,25). The van der Waals surface area contributed by atoms with Gasteiger partial charge in [0.15, 0.2) is 0 Å². The molecule has 0 saturated heterocycles. The van der Waals surface area contributed by atoms with Crippen molar-refractivity contribution < 1.29 is 9.59 Å². The number of carbonyl (C=O) groups is 2. The van der Waals surface area contributed by atoms with Gasteiger partial charge in [-0.1, -0.05) is 41.9 Å². The smallest absolute Gasteiger partial charge is 0.270 e. The predicted octanol–water partition coefficient (Wildman–Crippen LogP) is 3.68. The molecule has 0 fully saturated rings. The number of hydrogen-bond acceptors (Lipinski definition) is 4. The molecule has 5 nitrogen and oxygen atoms in total. The second kappa shape index (κ2) is 8.21. The average Bonchev–Trinajstić information content (AvgIpc) is 2.66. The fourth-order valence-corrected chi connectivity index (χ4v) is 2.95. The monoisotopic (exact) mass is 385 g/mol. The Labute approximate surface area is 160 Å². The van der Waals surface area contributed by atoms with Gasteiger partial charge in [-0.05, 0) is 30.5 Å². The van der Waals surface area contributed by atoms with Gasteiger partial charge in [-0.15, -0.1) is 0 Å². The molecule has 2 amide bonds. The summed E-state index contributed by atoms with van der Waals surface area (Å²) >= 11 is 7.32. The number of aromatic nitrogens is 1. The van der Waals surface area contributed by atoms with Gasteiger partial charge in [-0.2, -0.15) is 11.8 Å². The summed E-state index contributed by atoms with van der Waals surface area (Å²) in [5.41, 5.74) is 7.51. The van der Waals surface area contributed by atoms with Crippen LogP contribution in [0.3, 0.4) is 0 Å². The van der Waals surface area contributed by atoms with Crippen LogP contribution in [0.25, 0.3) is 22.2 Å². The van der Waals surface area contributed by atoms with Crippen LogP contribution in [0.15, 0.2) is 54.6 Å². The van der Waals surface area contributed by atoms with E-state index in [9.17, 15) is 9.59 Å². The lowest BCUT2D eigenvalue weighted by Crippen LogP contribution is -2.42. The molecule has 7 heteroatoms. The Morgan fingerprint density at radius 2 is 1.81 bits per heavy atom. The third-order valence-electron chi connectivity index (χ3n) is 3.69. The molecule has 0 saturated carbocycles. The molecule has 3 rings (SSSR count). The van der Waals surface area contributed by atoms with Crippen molar-refractivity contribution in [3.8, 4) is 11.3 Å². The van der Waals surface area contributed by atoms with Gasteiger partial charge in [0.2, 0.25) is 5.91 Å². The lowest BCUT2D eigenvalue weighted by Gasteiger charge is -2.11. The lowest BCUT2D eigenvalue weighted by molar-refractivity contribution is -0.119. The zero-order chi connectivity index (χ0) is 18.5. The van der Waals surface area contributed by atoms with Crippen LogP contribution in [-0.2, 0) is 4.79 Å². The lowest BCUT2D eigenvalue weighted by atomic mass is 10.0. The molecule has 132 valence electrons. The first kappa shape index (κ1) is 18.2. The molecule has 1 aromatic heterocycles. The van der Waals surface area contributed by atoms with Gasteiger partial charge in [0.05, 0.1) is 22.5 Å². The van der Waals surface area contributed by atoms with Gasteiger partial charge in [0.25, 0.3) is 5.91 Å². The molecule has 2 N–H and O–H groups in total.